The summed E-state index contributed by atoms with van der Waals surface area (Å²) in [5.74, 6) is 0.839. The van der Waals surface area contributed by atoms with Crippen molar-refractivity contribution in [2.45, 2.75) is 25.9 Å². The molecular formula is C19H25N3O2. The van der Waals surface area contributed by atoms with Gasteiger partial charge in [-0.1, -0.05) is 6.07 Å². The number of benzene rings is 1. The zero-order valence-electron chi connectivity index (χ0n) is 14.4. The van der Waals surface area contributed by atoms with E-state index < -0.39 is 0 Å². The van der Waals surface area contributed by atoms with Gasteiger partial charge in [0.15, 0.2) is 0 Å². The van der Waals surface area contributed by atoms with E-state index in [-0.39, 0.29) is 11.7 Å². The molecule has 5 nitrogen and oxygen atoms in total. The summed E-state index contributed by atoms with van der Waals surface area (Å²) in [6.45, 7) is 6.02. The lowest BCUT2D eigenvalue weighted by Gasteiger charge is -2.58. The van der Waals surface area contributed by atoms with Gasteiger partial charge in [0.2, 0.25) is 0 Å². The van der Waals surface area contributed by atoms with E-state index in [2.05, 4.69) is 4.90 Å². The SMILES string of the molecule is Cc1ccc(OC2CC3(C2)CN(CCN)C3)c2ccn(C)c(=O)c12. The van der Waals surface area contributed by atoms with E-state index in [1.54, 1.807) is 11.6 Å². The second kappa shape index (κ2) is 5.60. The Morgan fingerprint density at radius 3 is 2.75 bits per heavy atom. The molecule has 1 aromatic heterocycles. The number of aromatic nitrogens is 1. The van der Waals surface area contributed by atoms with Gasteiger partial charge in [0.05, 0.1) is 11.5 Å². The smallest absolute Gasteiger partial charge is 0.258 e. The maximum atomic E-state index is 12.4. The van der Waals surface area contributed by atoms with Gasteiger partial charge >= 0.3 is 0 Å². The first-order valence-electron chi connectivity index (χ1n) is 8.69. The number of hydrogen-bond acceptors (Lipinski definition) is 4. The van der Waals surface area contributed by atoms with Gasteiger partial charge in [-0.05, 0) is 37.5 Å². The van der Waals surface area contributed by atoms with Crippen LogP contribution in [0.4, 0.5) is 0 Å². The molecule has 0 bridgehead atoms. The monoisotopic (exact) mass is 327 g/mol. The number of pyridine rings is 1. The van der Waals surface area contributed by atoms with E-state index in [1.807, 2.05) is 31.3 Å². The van der Waals surface area contributed by atoms with Crippen LogP contribution < -0.4 is 16.0 Å². The third kappa shape index (κ3) is 2.43. The normalized spacial score (nSPS) is 20.1. The maximum Gasteiger partial charge on any atom is 0.258 e. The molecule has 2 N–H and O–H groups in total. The molecule has 2 heterocycles. The number of hydrogen-bond donors (Lipinski definition) is 1. The predicted octanol–water partition coefficient (Wildman–Crippen LogP) is 1.65. The Morgan fingerprint density at radius 1 is 1.29 bits per heavy atom. The number of aryl methyl sites for hydroxylation is 2. The molecule has 128 valence electrons. The minimum atomic E-state index is 0.0388. The molecule has 2 aromatic rings. The fraction of sp³-hybridized carbons (Fsp3) is 0.526. The van der Waals surface area contributed by atoms with Crippen LogP contribution in [0, 0.1) is 12.3 Å². The zero-order valence-corrected chi connectivity index (χ0v) is 14.4. The van der Waals surface area contributed by atoms with Gasteiger partial charge in [-0.3, -0.25) is 4.79 Å². The Bertz CT molecular complexity index is 828. The van der Waals surface area contributed by atoms with E-state index in [0.29, 0.717) is 5.41 Å². The number of ether oxygens (including phenoxy) is 1. The first kappa shape index (κ1) is 15.7. The molecule has 2 fully saturated rings. The van der Waals surface area contributed by atoms with Crippen LogP contribution in [0.1, 0.15) is 18.4 Å². The Kier molecular flexibility index (Phi) is 3.66. The van der Waals surface area contributed by atoms with Crippen LogP contribution in [0.15, 0.2) is 29.2 Å². The highest BCUT2D eigenvalue weighted by atomic mass is 16.5. The highest BCUT2D eigenvalue weighted by molar-refractivity contribution is 5.90. The summed E-state index contributed by atoms with van der Waals surface area (Å²) >= 11 is 0. The molecule has 1 aromatic carbocycles. The van der Waals surface area contributed by atoms with Crippen LogP contribution in [-0.2, 0) is 7.05 Å². The van der Waals surface area contributed by atoms with Crippen molar-refractivity contribution in [2.24, 2.45) is 18.2 Å². The quantitative estimate of drug-likeness (QED) is 0.927. The third-order valence-corrected chi connectivity index (χ3v) is 5.59. The lowest BCUT2D eigenvalue weighted by molar-refractivity contribution is -0.117. The Morgan fingerprint density at radius 2 is 2.04 bits per heavy atom. The minimum absolute atomic E-state index is 0.0388. The molecular weight excluding hydrogens is 302 g/mol. The van der Waals surface area contributed by atoms with Crippen LogP contribution in [-0.4, -0.2) is 41.8 Å². The van der Waals surface area contributed by atoms with Gasteiger partial charge in [0, 0.05) is 50.2 Å². The van der Waals surface area contributed by atoms with Crippen LogP contribution in [0.2, 0.25) is 0 Å². The van der Waals surface area contributed by atoms with Crippen LogP contribution in [0.25, 0.3) is 10.8 Å². The maximum absolute atomic E-state index is 12.4. The van der Waals surface area contributed by atoms with Gasteiger partial charge in [0.25, 0.3) is 5.56 Å². The van der Waals surface area contributed by atoms with Crippen molar-refractivity contribution in [1.29, 1.82) is 0 Å². The van der Waals surface area contributed by atoms with E-state index in [0.717, 1.165) is 61.1 Å². The summed E-state index contributed by atoms with van der Waals surface area (Å²) in [7, 11) is 1.79. The molecule has 1 saturated heterocycles. The lowest BCUT2D eigenvalue weighted by atomic mass is 9.62. The van der Waals surface area contributed by atoms with E-state index in [1.165, 1.54) is 0 Å². The summed E-state index contributed by atoms with van der Waals surface area (Å²) in [5, 5.41) is 1.70. The van der Waals surface area contributed by atoms with Crippen molar-refractivity contribution >= 4 is 10.8 Å². The van der Waals surface area contributed by atoms with Crippen molar-refractivity contribution in [2.75, 3.05) is 26.2 Å². The fourth-order valence-electron chi connectivity index (χ4n) is 4.36. The largest absolute Gasteiger partial charge is 0.490 e. The number of rotatable bonds is 4. The molecule has 1 aliphatic heterocycles. The van der Waals surface area contributed by atoms with Gasteiger partial charge in [0.1, 0.15) is 5.75 Å². The summed E-state index contributed by atoms with van der Waals surface area (Å²) < 4.78 is 7.87. The number of likely N-dealkylation sites (tertiary alicyclic amines) is 1. The molecule has 1 spiro atoms. The van der Waals surface area contributed by atoms with Gasteiger partial charge < -0.3 is 19.9 Å². The Balaban J connectivity index is 1.50. The van der Waals surface area contributed by atoms with E-state index >= 15 is 0 Å². The van der Waals surface area contributed by atoms with Gasteiger partial charge in [-0.25, -0.2) is 0 Å². The van der Waals surface area contributed by atoms with Gasteiger partial charge in [-0.2, -0.15) is 0 Å². The summed E-state index contributed by atoms with van der Waals surface area (Å²) in [4.78, 5) is 14.8. The van der Waals surface area contributed by atoms with Crippen molar-refractivity contribution in [3.63, 3.8) is 0 Å². The lowest BCUT2D eigenvalue weighted by Crippen LogP contribution is -2.65. The van der Waals surface area contributed by atoms with Crippen molar-refractivity contribution < 1.29 is 4.74 Å². The average molecular weight is 327 g/mol. The van der Waals surface area contributed by atoms with Crippen LogP contribution in [0.5, 0.6) is 5.75 Å². The van der Waals surface area contributed by atoms with Crippen molar-refractivity contribution in [1.82, 2.24) is 9.47 Å². The molecule has 0 unspecified atom stereocenters. The average Bonchev–Trinajstić information content (AvgIpc) is 2.48. The molecule has 0 radical (unpaired) electrons. The first-order valence-corrected chi connectivity index (χ1v) is 8.69. The molecule has 2 aliphatic rings. The zero-order chi connectivity index (χ0) is 16.9. The molecule has 0 atom stereocenters. The van der Waals surface area contributed by atoms with Crippen molar-refractivity contribution in [3.05, 3.63) is 40.3 Å². The molecule has 1 aliphatic carbocycles. The number of nitrogens with two attached hydrogens (primary N) is 1. The second-order valence-corrected chi connectivity index (χ2v) is 7.55. The van der Waals surface area contributed by atoms with Crippen LogP contribution in [0.3, 0.4) is 0 Å². The Labute approximate surface area is 142 Å². The summed E-state index contributed by atoms with van der Waals surface area (Å²) in [6.07, 6.45) is 4.29. The van der Waals surface area contributed by atoms with E-state index in [4.69, 9.17) is 10.5 Å². The summed E-state index contributed by atoms with van der Waals surface area (Å²) in [5.41, 5.74) is 7.10. The number of nitrogens with zero attached hydrogens (tertiary/aromatic N) is 2. The van der Waals surface area contributed by atoms with Gasteiger partial charge in [-0.15, -0.1) is 0 Å². The predicted molar refractivity (Wildman–Crippen MR) is 95.5 cm³/mol. The minimum Gasteiger partial charge on any atom is -0.490 e. The van der Waals surface area contributed by atoms with Crippen LogP contribution >= 0.6 is 0 Å². The first-order chi connectivity index (χ1) is 11.5. The Hall–Kier alpha value is -1.85. The highest BCUT2D eigenvalue weighted by Gasteiger charge is 2.53. The topological polar surface area (TPSA) is 60.5 Å². The molecule has 24 heavy (non-hydrogen) atoms. The second-order valence-electron chi connectivity index (χ2n) is 7.55. The molecule has 0 amide bonds. The molecule has 1 saturated carbocycles. The standard InChI is InChI=1S/C19H25N3O2/c1-13-3-4-16(15-5-7-21(2)18(23)17(13)15)24-14-9-19(10-14)11-22(12-19)8-6-20/h3-5,7,14H,6,8-12,20H2,1-2H3. The highest BCUT2D eigenvalue weighted by Crippen LogP contribution is 2.49. The third-order valence-electron chi connectivity index (χ3n) is 5.59. The fourth-order valence-corrected chi connectivity index (χ4v) is 4.36. The summed E-state index contributed by atoms with van der Waals surface area (Å²) in [6, 6.07) is 5.98. The molecule has 5 heteroatoms. The molecule has 4 rings (SSSR count). The number of fused-ring (bicyclic) bond motifs is 1. The van der Waals surface area contributed by atoms with E-state index in [9.17, 15) is 4.79 Å². The van der Waals surface area contributed by atoms with Crippen molar-refractivity contribution in [3.8, 4) is 5.75 Å².